The van der Waals surface area contributed by atoms with Crippen LogP contribution in [0.3, 0.4) is 0 Å². The summed E-state index contributed by atoms with van der Waals surface area (Å²) < 4.78 is 2.16. The van der Waals surface area contributed by atoms with Crippen LogP contribution in [0.1, 0.15) is 30.9 Å². The molecule has 19 heavy (non-hydrogen) atoms. The number of aliphatic hydroxyl groups excluding tert-OH is 1. The van der Waals surface area contributed by atoms with Crippen molar-refractivity contribution in [1.29, 1.82) is 0 Å². The summed E-state index contributed by atoms with van der Waals surface area (Å²) in [6, 6.07) is 8.60. The third kappa shape index (κ3) is 2.28. The molecule has 0 amide bonds. The maximum atomic E-state index is 9.85. The summed E-state index contributed by atoms with van der Waals surface area (Å²) in [5.41, 5.74) is 2.51. The molecule has 2 aromatic rings. The Morgan fingerprint density at radius 2 is 1.89 bits per heavy atom. The van der Waals surface area contributed by atoms with E-state index in [2.05, 4.69) is 47.0 Å². The second-order valence-corrected chi connectivity index (χ2v) is 5.51. The Balaban J connectivity index is 2.01. The number of likely N-dealkylation sites (tertiary alicyclic amines) is 1. The number of aliphatic hydroxyl groups is 1. The fourth-order valence-electron chi connectivity index (χ4n) is 3.28. The average molecular weight is 258 g/mol. The number of rotatable bonds is 3. The highest BCUT2D eigenvalue weighted by Gasteiger charge is 2.24. The van der Waals surface area contributed by atoms with E-state index in [0.29, 0.717) is 0 Å². The Hall–Kier alpha value is -1.32. The van der Waals surface area contributed by atoms with Crippen molar-refractivity contribution in [3.05, 3.63) is 36.0 Å². The summed E-state index contributed by atoms with van der Waals surface area (Å²) in [6.07, 6.45) is 6.01. The largest absolute Gasteiger partial charge is 0.394 e. The fourth-order valence-corrected chi connectivity index (χ4v) is 3.28. The van der Waals surface area contributed by atoms with Gasteiger partial charge >= 0.3 is 0 Å². The lowest BCUT2D eigenvalue weighted by Crippen LogP contribution is -2.35. The van der Waals surface area contributed by atoms with Gasteiger partial charge in [-0.3, -0.25) is 4.90 Å². The highest BCUT2D eigenvalue weighted by molar-refractivity contribution is 5.84. The average Bonchev–Trinajstić information content (AvgIpc) is 2.79. The first-order chi connectivity index (χ1) is 9.31. The number of hydrogen-bond acceptors (Lipinski definition) is 2. The van der Waals surface area contributed by atoms with E-state index in [-0.39, 0.29) is 12.6 Å². The van der Waals surface area contributed by atoms with Crippen molar-refractivity contribution >= 4 is 10.9 Å². The number of piperidine rings is 1. The molecule has 3 heteroatoms. The minimum atomic E-state index is 0.145. The Labute approximate surface area is 114 Å². The number of fused-ring (bicyclic) bond motifs is 1. The zero-order valence-corrected chi connectivity index (χ0v) is 11.5. The summed E-state index contributed by atoms with van der Waals surface area (Å²) in [5, 5.41) is 11.1. The minimum Gasteiger partial charge on any atom is -0.394 e. The van der Waals surface area contributed by atoms with E-state index in [9.17, 15) is 5.11 Å². The zero-order valence-electron chi connectivity index (χ0n) is 11.5. The molecule has 0 aliphatic carbocycles. The molecule has 0 saturated carbocycles. The molecule has 1 aliphatic rings. The number of nitrogens with zero attached hydrogens (tertiary/aromatic N) is 2. The van der Waals surface area contributed by atoms with Crippen LogP contribution in [0.5, 0.6) is 0 Å². The molecule has 1 N–H and O–H groups in total. The maximum absolute atomic E-state index is 9.85. The predicted octanol–water partition coefficient (Wildman–Crippen LogP) is 2.70. The summed E-state index contributed by atoms with van der Waals surface area (Å²) in [7, 11) is 2.08. The molecular formula is C16H22N2O. The van der Waals surface area contributed by atoms with Crippen molar-refractivity contribution < 1.29 is 5.11 Å². The smallest absolute Gasteiger partial charge is 0.0629 e. The van der Waals surface area contributed by atoms with E-state index in [1.54, 1.807) is 0 Å². The molecule has 1 atom stereocenters. The van der Waals surface area contributed by atoms with E-state index in [1.807, 2.05) is 0 Å². The second-order valence-electron chi connectivity index (χ2n) is 5.51. The van der Waals surface area contributed by atoms with Gasteiger partial charge < -0.3 is 9.67 Å². The summed E-state index contributed by atoms with van der Waals surface area (Å²) in [6.45, 7) is 2.41. The first kappa shape index (κ1) is 12.7. The van der Waals surface area contributed by atoms with Crippen molar-refractivity contribution in [3.63, 3.8) is 0 Å². The molecule has 0 spiro atoms. The van der Waals surface area contributed by atoms with Crippen LogP contribution in [0.25, 0.3) is 10.9 Å². The highest BCUT2D eigenvalue weighted by Crippen LogP contribution is 2.31. The van der Waals surface area contributed by atoms with E-state index < -0.39 is 0 Å². The predicted molar refractivity (Wildman–Crippen MR) is 78.2 cm³/mol. The van der Waals surface area contributed by atoms with Gasteiger partial charge in [-0.05, 0) is 37.6 Å². The van der Waals surface area contributed by atoms with Crippen molar-refractivity contribution in [2.45, 2.75) is 25.3 Å². The normalized spacial score (nSPS) is 18.8. The van der Waals surface area contributed by atoms with Crippen molar-refractivity contribution in [1.82, 2.24) is 9.47 Å². The molecule has 1 fully saturated rings. The zero-order chi connectivity index (χ0) is 13.2. The quantitative estimate of drug-likeness (QED) is 0.917. The van der Waals surface area contributed by atoms with Gasteiger partial charge in [0.15, 0.2) is 0 Å². The van der Waals surface area contributed by atoms with E-state index in [1.165, 1.54) is 35.7 Å². The Kier molecular flexibility index (Phi) is 3.58. The lowest BCUT2D eigenvalue weighted by atomic mass is 10.0. The van der Waals surface area contributed by atoms with Crippen molar-refractivity contribution in [3.8, 4) is 0 Å². The van der Waals surface area contributed by atoms with Gasteiger partial charge in [-0.25, -0.2) is 0 Å². The Morgan fingerprint density at radius 1 is 1.16 bits per heavy atom. The van der Waals surface area contributed by atoms with E-state index >= 15 is 0 Å². The third-order valence-corrected chi connectivity index (χ3v) is 4.29. The third-order valence-electron chi connectivity index (χ3n) is 4.29. The van der Waals surface area contributed by atoms with Gasteiger partial charge in [0.05, 0.1) is 12.6 Å². The standard InChI is InChI=1S/C16H22N2O/c1-17-11-14(13-7-3-4-8-15(13)17)16(12-19)18-9-5-2-6-10-18/h3-4,7-8,11,16,19H,2,5-6,9-10,12H2,1H3. The number of para-hydroxylation sites is 1. The van der Waals surface area contributed by atoms with Crippen LogP contribution in [0, 0.1) is 0 Å². The van der Waals surface area contributed by atoms with Crippen LogP contribution < -0.4 is 0 Å². The molecule has 1 aliphatic heterocycles. The van der Waals surface area contributed by atoms with Crippen LogP contribution in [-0.2, 0) is 7.05 Å². The molecule has 1 saturated heterocycles. The SMILES string of the molecule is Cn1cc(C(CO)N2CCCCC2)c2ccccc21. The first-order valence-electron chi connectivity index (χ1n) is 7.20. The number of benzene rings is 1. The molecule has 3 nitrogen and oxygen atoms in total. The molecule has 1 aromatic heterocycles. The number of aryl methyl sites for hydroxylation is 1. The van der Waals surface area contributed by atoms with Crippen LogP contribution in [0.15, 0.2) is 30.5 Å². The first-order valence-corrected chi connectivity index (χ1v) is 7.20. The van der Waals surface area contributed by atoms with Crippen LogP contribution in [0.2, 0.25) is 0 Å². The lowest BCUT2D eigenvalue weighted by molar-refractivity contribution is 0.105. The summed E-state index contributed by atoms with van der Waals surface area (Å²) >= 11 is 0. The van der Waals surface area contributed by atoms with Gasteiger partial charge in [0.2, 0.25) is 0 Å². The van der Waals surface area contributed by atoms with Gasteiger partial charge in [-0.2, -0.15) is 0 Å². The summed E-state index contributed by atoms with van der Waals surface area (Å²) in [5.74, 6) is 0. The van der Waals surface area contributed by atoms with Gasteiger partial charge in [0.25, 0.3) is 0 Å². The number of hydrogen-bond donors (Lipinski definition) is 1. The van der Waals surface area contributed by atoms with Gasteiger partial charge in [-0.1, -0.05) is 24.6 Å². The molecule has 1 aromatic carbocycles. The van der Waals surface area contributed by atoms with Crippen LogP contribution >= 0.6 is 0 Å². The Bertz CT molecular complexity index is 555. The molecule has 0 radical (unpaired) electrons. The molecule has 102 valence electrons. The lowest BCUT2D eigenvalue weighted by Gasteiger charge is -2.33. The number of aromatic nitrogens is 1. The molecular weight excluding hydrogens is 236 g/mol. The van der Waals surface area contributed by atoms with Crippen molar-refractivity contribution in [2.75, 3.05) is 19.7 Å². The molecule has 0 bridgehead atoms. The summed E-state index contributed by atoms with van der Waals surface area (Å²) in [4.78, 5) is 2.44. The van der Waals surface area contributed by atoms with Gasteiger partial charge in [0, 0.05) is 24.1 Å². The van der Waals surface area contributed by atoms with Crippen molar-refractivity contribution in [2.24, 2.45) is 7.05 Å². The molecule has 3 rings (SSSR count). The highest BCUT2D eigenvalue weighted by atomic mass is 16.3. The maximum Gasteiger partial charge on any atom is 0.0629 e. The Morgan fingerprint density at radius 3 is 2.63 bits per heavy atom. The monoisotopic (exact) mass is 258 g/mol. The second kappa shape index (κ2) is 5.35. The van der Waals surface area contributed by atoms with Crippen LogP contribution in [0.4, 0.5) is 0 Å². The topological polar surface area (TPSA) is 28.4 Å². The fraction of sp³-hybridized carbons (Fsp3) is 0.500. The van der Waals surface area contributed by atoms with E-state index in [4.69, 9.17) is 0 Å². The van der Waals surface area contributed by atoms with Gasteiger partial charge in [-0.15, -0.1) is 0 Å². The minimum absolute atomic E-state index is 0.145. The van der Waals surface area contributed by atoms with Gasteiger partial charge in [0.1, 0.15) is 0 Å². The molecule has 2 heterocycles. The van der Waals surface area contributed by atoms with Crippen LogP contribution in [-0.4, -0.2) is 34.3 Å². The van der Waals surface area contributed by atoms with E-state index in [0.717, 1.165) is 13.1 Å². The molecule has 1 unspecified atom stereocenters.